The van der Waals surface area contributed by atoms with Crippen LogP contribution in [0.15, 0.2) is 24.3 Å². The number of carbonyl (C=O) groups excluding carboxylic acids is 1. The van der Waals surface area contributed by atoms with Gasteiger partial charge in [-0.25, -0.2) is 0 Å². The van der Waals surface area contributed by atoms with E-state index in [2.05, 4.69) is 33.4 Å². The standard InChI is InChI=1S/C18H22BrNO/c19-11-12-2-1-3-16(7-12)20-17(21)18-8-13-4-14(9-18)6-15(5-13)10-18/h1-3,7,13-15H,4-6,8-11H2,(H,20,21). The summed E-state index contributed by atoms with van der Waals surface area (Å²) in [5.41, 5.74) is 2.10. The van der Waals surface area contributed by atoms with Crippen LogP contribution in [0.4, 0.5) is 5.69 Å². The highest BCUT2D eigenvalue weighted by Crippen LogP contribution is 2.60. The summed E-state index contributed by atoms with van der Waals surface area (Å²) >= 11 is 3.48. The Morgan fingerprint density at radius 1 is 1.14 bits per heavy atom. The van der Waals surface area contributed by atoms with E-state index in [-0.39, 0.29) is 11.3 Å². The largest absolute Gasteiger partial charge is 0.326 e. The van der Waals surface area contributed by atoms with E-state index in [0.717, 1.165) is 48.0 Å². The van der Waals surface area contributed by atoms with Gasteiger partial charge in [-0.1, -0.05) is 28.1 Å². The maximum atomic E-state index is 12.9. The summed E-state index contributed by atoms with van der Waals surface area (Å²) in [6, 6.07) is 8.18. The van der Waals surface area contributed by atoms with Crippen LogP contribution in [0, 0.1) is 23.2 Å². The second kappa shape index (κ2) is 5.12. The van der Waals surface area contributed by atoms with Gasteiger partial charge in [0.1, 0.15) is 0 Å². The van der Waals surface area contributed by atoms with E-state index in [1.54, 1.807) is 0 Å². The van der Waals surface area contributed by atoms with Crippen molar-refractivity contribution in [1.29, 1.82) is 0 Å². The van der Waals surface area contributed by atoms with Gasteiger partial charge in [-0.2, -0.15) is 0 Å². The van der Waals surface area contributed by atoms with E-state index in [4.69, 9.17) is 0 Å². The highest BCUT2D eigenvalue weighted by Gasteiger charge is 2.54. The number of halogens is 1. The Balaban J connectivity index is 1.54. The fourth-order valence-electron chi connectivity index (χ4n) is 5.38. The van der Waals surface area contributed by atoms with Crippen LogP contribution in [0.25, 0.3) is 0 Å². The number of rotatable bonds is 3. The van der Waals surface area contributed by atoms with Gasteiger partial charge in [0.15, 0.2) is 0 Å². The van der Waals surface area contributed by atoms with Gasteiger partial charge < -0.3 is 5.32 Å². The van der Waals surface area contributed by atoms with E-state index in [1.807, 2.05) is 12.1 Å². The summed E-state index contributed by atoms with van der Waals surface area (Å²) in [6.45, 7) is 0. The Hall–Kier alpha value is -0.830. The van der Waals surface area contributed by atoms with Crippen LogP contribution in [0.1, 0.15) is 44.1 Å². The van der Waals surface area contributed by atoms with Gasteiger partial charge in [-0.15, -0.1) is 0 Å². The summed E-state index contributed by atoms with van der Waals surface area (Å²) in [5.74, 6) is 2.73. The van der Waals surface area contributed by atoms with Crippen molar-refractivity contribution >= 4 is 27.5 Å². The molecule has 4 aliphatic rings. The average Bonchev–Trinajstić information content (AvgIpc) is 2.46. The lowest BCUT2D eigenvalue weighted by Crippen LogP contribution is -2.51. The van der Waals surface area contributed by atoms with E-state index >= 15 is 0 Å². The van der Waals surface area contributed by atoms with Crippen LogP contribution in [0.5, 0.6) is 0 Å². The first-order chi connectivity index (χ1) is 10.2. The smallest absolute Gasteiger partial charge is 0.230 e. The fourth-order valence-corrected chi connectivity index (χ4v) is 5.73. The molecule has 0 saturated heterocycles. The maximum Gasteiger partial charge on any atom is 0.230 e. The molecule has 4 aliphatic carbocycles. The molecular weight excluding hydrogens is 326 g/mol. The maximum absolute atomic E-state index is 12.9. The average molecular weight is 348 g/mol. The zero-order valence-electron chi connectivity index (χ0n) is 12.3. The number of amides is 1. The predicted octanol–water partition coefficient (Wildman–Crippen LogP) is 4.74. The molecule has 0 radical (unpaired) electrons. The van der Waals surface area contributed by atoms with Crippen molar-refractivity contribution in [1.82, 2.24) is 0 Å². The summed E-state index contributed by atoms with van der Waals surface area (Å²) in [6.07, 6.45) is 7.53. The molecule has 0 aliphatic heterocycles. The molecule has 0 unspecified atom stereocenters. The molecule has 5 rings (SSSR count). The number of nitrogens with one attached hydrogen (secondary N) is 1. The summed E-state index contributed by atoms with van der Waals surface area (Å²) in [7, 11) is 0. The summed E-state index contributed by atoms with van der Waals surface area (Å²) < 4.78 is 0. The van der Waals surface area contributed by atoms with Crippen LogP contribution in [0.3, 0.4) is 0 Å². The molecular formula is C18H22BrNO. The zero-order valence-corrected chi connectivity index (χ0v) is 13.9. The highest BCUT2D eigenvalue weighted by molar-refractivity contribution is 9.08. The third-order valence-corrected chi connectivity index (χ3v) is 6.51. The zero-order chi connectivity index (χ0) is 14.4. The Morgan fingerprint density at radius 2 is 1.76 bits per heavy atom. The first kappa shape index (κ1) is 13.8. The first-order valence-corrected chi connectivity index (χ1v) is 9.25. The molecule has 1 amide bonds. The normalized spacial score (nSPS) is 36.7. The van der Waals surface area contributed by atoms with Crippen molar-refractivity contribution in [3.8, 4) is 0 Å². The van der Waals surface area contributed by atoms with E-state index < -0.39 is 0 Å². The van der Waals surface area contributed by atoms with Gasteiger partial charge in [0.05, 0.1) is 5.41 Å². The van der Waals surface area contributed by atoms with Gasteiger partial charge in [-0.05, 0) is 74.0 Å². The van der Waals surface area contributed by atoms with Crippen molar-refractivity contribution < 1.29 is 4.79 Å². The SMILES string of the molecule is O=C(Nc1cccc(CBr)c1)C12CC3CC(CC(C3)C1)C2. The third-order valence-electron chi connectivity index (χ3n) is 5.86. The number of anilines is 1. The molecule has 2 nitrogen and oxygen atoms in total. The quantitative estimate of drug-likeness (QED) is 0.786. The summed E-state index contributed by atoms with van der Waals surface area (Å²) in [4.78, 5) is 12.9. The molecule has 1 aromatic rings. The molecule has 0 aromatic heterocycles. The molecule has 1 aromatic carbocycles. The minimum Gasteiger partial charge on any atom is -0.326 e. The lowest BCUT2D eigenvalue weighted by Gasteiger charge is -2.55. The van der Waals surface area contributed by atoms with Gasteiger partial charge in [0.25, 0.3) is 0 Å². The molecule has 3 heteroatoms. The van der Waals surface area contributed by atoms with Gasteiger partial charge in [0.2, 0.25) is 5.91 Å². The molecule has 4 fully saturated rings. The molecule has 0 atom stereocenters. The number of alkyl halides is 1. The van der Waals surface area contributed by atoms with Gasteiger partial charge in [-0.3, -0.25) is 4.79 Å². The highest BCUT2D eigenvalue weighted by atomic mass is 79.9. The van der Waals surface area contributed by atoms with E-state index in [1.165, 1.54) is 24.8 Å². The van der Waals surface area contributed by atoms with Crippen LogP contribution in [-0.4, -0.2) is 5.91 Å². The number of benzene rings is 1. The van der Waals surface area contributed by atoms with Crippen molar-refractivity contribution in [2.45, 2.75) is 43.9 Å². The fraction of sp³-hybridized carbons (Fsp3) is 0.611. The Kier molecular flexibility index (Phi) is 3.36. The third kappa shape index (κ3) is 2.44. The van der Waals surface area contributed by atoms with Crippen LogP contribution in [-0.2, 0) is 10.1 Å². The summed E-state index contributed by atoms with van der Waals surface area (Å²) in [5, 5.41) is 4.04. The van der Waals surface area contributed by atoms with Crippen LogP contribution >= 0.6 is 15.9 Å². The number of hydrogen-bond donors (Lipinski definition) is 1. The van der Waals surface area contributed by atoms with Crippen molar-refractivity contribution in [3.63, 3.8) is 0 Å². The van der Waals surface area contributed by atoms with Crippen molar-refractivity contribution in [2.24, 2.45) is 23.2 Å². The minimum absolute atomic E-state index is 0.0564. The molecule has 0 heterocycles. The molecule has 4 bridgehead atoms. The number of hydrogen-bond acceptors (Lipinski definition) is 1. The minimum atomic E-state index is -0.0564. The van der Waals surface area contributed by atoms with E-state index in [9.17, 15) is 4.79 Å². The van der Waals surface area contributed by atoms with Crippen LogP contribution in [0.2, 0.25) is 0 Å². The molecule has 4 saturated carbocycles. The molecule has 1 N–H and O–H groups in total. The van der Waals surface area contributed by atoms with Crippen molar-refractivity contribution in [3.05, 3.63) is 29.8 Å². The molecule has 21 heavy (non-hydrogen) atoms. The molecule has 112 valence electrons. The van der Waals surface area contributed by atoms with Gasteiger partial charge >= 0.3 is 0 Å². The lowest BCUT2D eigenvalue weighted by atomic mass is 9.49. The van der Waals surface area contributed by atoms with E-state index in [0.29, 0.717) is 0 Å². The molecule has 0 spiro atoms. The Morgan fingerprint density at radius 3 is 2.33 bits per heavy atom. The topological polar surface area (TPSA) is 29.1 Å². The second-order valence-corrected chi connectivity index (χ2v) is 8.05. The van der Waals surface area contributed by atoms with Crippen molar-refractivity contribution in [2.75, 3.05) is 5.32 Å². The number of carbonyl (C=O) groups is 1. The predicted molar refractivity (Wildman–Crippen MR) is 88.3 cm³/mol. The Labute approximate surface area is 134 Å². The Bertz CT molecular complexity index is 533. The lowest BCUT2D eigenvalue weighted by molar-refractivity contribution is -0.140. The monoisotopic (exact) mass is 347 g/mol. The first-order valence-electron chi connectivity index (χ1n) is 8.13. The van der Waals surface area contributed by atoms with Crippen LogP contribution < -0.4 is 5.32 Å². The second-order valence-electron chi connectivity index (χ2n) is 7.49. The van der Waals surface area contributed by atoms with Gasteiger partial charge in [0, 0.05) is 11.0 Å².